The van der Waals surface area contributed by atoms with Crippen molar-refractivity contribution in [3.05, 3.63) is 56.8 Å². The molecule has 1 amide bonds. The fourth-order valence-electron chi connectivity index (χ4n) is 2.94. The quantitative estimate of drug-likeness (QED) is 0.908. The third-order valence-corrected chi connectivity index (χ3v) is 5.47. The first-order valence-corrected chi connectivity index (χ1v) is 8.56. The average molecular weight is 346 g/mol. The maximum atomic E-state index is 13.8. The number of benzene rings is 1. The van der Waals surface area contributed by atoms with Gasteiger partial charge in [-0.15, -0.1) is 11.3 Å². The lowest BCUT2D eigenvalue weighted by molar-refractivity contribution is 0.0948. The van der Waals surface area contributed by atoms with Gasteiger partial charge in [0.25, 0.3) is 5.91 Å². The van der Waals surface area contributed by atoms with Gasteiger partial charge in [0.05, 0.1) is 10.9 Å². The van der Waals surface area contributed by atoms with Gasteiger partial charge in [-0.25, -0.2) is 8.78 Å². The summed E-state index contributed by atoms with van der Waals surface area (Å²) in [5.74, 6) is -1.37. The fourth-order valence-corrected chi connectivity index (χ4v) is 4.05. The Hall–Kier alpha value is -2.26. The number of halogens is 2. The van der Waals surface area contributed by atoms with Crippen molar-refractivity contribution in [3.63, 3.8) is 0 Å². The third-order valence-electron chi connectivity index (χ3n) is 4.23. The van der Waals surface area contributed by atoms with E-state index in [2.05, 4.69) is 12.2 Å². The van der Waals surface area contributed by atoms with Gasteiger partial charge < -0.3 is 5.32 Å². The van der Waals surface area contributed by atoms with Crippen molar-refractivity contribution in [2.24, 2.45) is 5.92 Å². The van der Waals surface area contributed by atoms with Crippen molar-refractivity contribution in [1.29, 1.82) is 5.26 Å². The van der Waals surface area contributed by atoms with Gasteiger partial charge in [0.2, 0.25) is 0 Å². The van der Waals surface area contributed by atoms with Crippen LogP contribution in [0.5, 0.6) is 0 Å². The van der Waals surface area contributed by atoms with Crippen molar-refractivity contribution in [2.45, 2.75) is 32.2 Å². The van der Waals surface area contributed by atoms with Crippen LogP contribution in [-0.4, -0.2) is 5.91 Å². The van der Waals surface area contributed by atoms with E-state index in [4.69, 9.17) is 0 Å². The van der Waals surface area contributed by atoms with Gasteiger partial charge in [0.1, 0.15) is 17.7 Å². The van der Waals surface area contributed by atoms with Crippen LogP contribution in [0.25, 0.3) is 0 Å². The van der Waals surface area contributed by atoms with Crippen LogP contribution in [0, 0.1) is 28.9 Å². The van der Waals surface area contributed by atoms with Gasteiger partial charge in [-0.05, 0) is 42.9 Å². The Morgan fingerprint density at radius 1 is 1.42 bits per heavy atom. The van der Waals surface area contributed by atoms with Crippen molar-refractivity contribution < 1.29 is 13.6 Å². The molecule has 2 unspecified atom stereocenters. The van der Waals surface area contributed by atoms with E-state index in [0.29, 0.717) is 16.9 Å². The number of carbonyl (C=O) groups excluding carboxylic acids is 1. The standard InChI is InChI=1S/C18H16F2N2OS/c1-10-2-5-16-11(6-10)7-17(24-16)18(23)22-15(9-21)13-4-3-12(19)8-14(13)20/h3-4,7-8,10,15H,2,5-6H2,1H3,(H,22,23). The van der Waals surface area contributed by atoms with Crippen LogP contribution >= 0.6 is 11.3 Å². The van der Waals surface area contributed by atoms with Crippen molar-refractivity contribution in [1.82, 2.24) is 5.32 Å². The zero-order valence-electron chi connectivity index (χ0n) is 13.1. The van der Waals surface area contributed by atoms with E-state index >= 15 is 0 Å². The normalized spacial score (nSPS) is 17.7. The summed E-state index contributed by atoms with van der Waals surface area (Å²) in [6.07, 6.45) is 3.02. The minimum atomic E-state index is -1.16. The third kappa shape index (κ3) is 3.31. The summed E-state index contributed by atoms with van der Waals surface area (Å²) in [5.41, 5.74) is 1.15. The molecule has 0 aliphatic heterocycles. The lowest BCUT2D eigenvalue weighted by atomic mass is 9.90. The molecular formula is C18H16F2N2OS. The van der Waals surface area contributed by atoms with Crippen LogP contribution in [0.15, 0.2) is 24.3 Å². The molecule has 1 heterocycles. The number of aryl methyl sites for hydroxylation is 1. The molecule has 1 aromatic carbocycles. The smallest absolute Gasteiger partial charge is 0.262 e. The Morgan fingerprint density at radius 2 is 2.21 bits per heavy atom. The summed E-state index contributed by atoms with van der Waals surface area (Å²) in [4.78, 5) is 14.1. The lowest BCUT2D eigenvalue weighted by Gasteiger charge is -2.16. The number of rotatable bonds is 3. The Balaban J connectivity index is 1.79. The van der Waals surface area contributed by atoms with Crippen LogP contribution < -0.4 is 5.32 Å². The Labute approximate surface area is 142 Å². The van der Waals surface area contributed by atoms with E-state index < -0.39 is 23.6 Å². The number of amides is 1. The minimum Gasteiger partial charge on any atom is -0.332 e. The van der Waals surface area contributed by atoms with E-state index in [1.807, 2.05) is 12.1 Å². The molecule has 6 heteroatoms. The highest BCUT2D eigenvalue weighted by Crippen LogP contribution is 2.32. The number of nitrogens with zero attached hydrogens (tertiary/aromatic N) is 1. The first kappa shape index (κ1) is 16.6. The van der Waals surface area contributed by atoms with Crippen molar-refractivity contribution in [3.8, 4) is 6.07 Å². The summed E-state index contributed by atoms with van der Waals surface area (Å²) in [6.45, 7) is 2.18. The lowest BCUT2D eigenvalue weighted by Crippen LogP contribution is -2.27. The molecule has 0 saturated carbocycles. The molecule has 3 rings (SSSR count). The van der Waals surface area contributed by atoms with Crippen molar-refractivity contribution in [2.75, 3.05) is 0 Å². The molecule has 1 aromatic heterocycles. The molecule has 0 spiro atoms. The fraction of sp³-hybridized carbons (Fsp3) is 0.333. The van der Waals surface area contributed by atoms with Gasteiger partial charge >= 0.3 is 0 Å². The Morgan fingerprint density at radius 3 is 2.92 bits per heavy atom. The summed E-state index contributed by atoms with van der Waals surface area (Å²) in [7, 11) is 0. The van der Waals surface area contributed by atoms with Crippen molar-refractivity contribution >= 4 is 17.2 Å². The van der Waals surface area contributed by atoms with E-state index in [9.17, 15) is 18.8 Å². The molecule has 2 atom stereocenters. The molecule has 124 valence electrons. The van der Waals surface area contributed by atoms with E-state index in [-0.39, 0.29) is 5.56 Å². The van der Waals surface area contributed by atoms with Gasteiger partial charge in [-0.2, -0.15) is 5.26 Å². The van der Waals surface area contributed by atoms with E-state index in [0.717, 1.165) is 25.3 Å². The molecule has 0 saturated heterocycles. The van der Waals surface area contributed by atoms with Gasteiger partial charge in [0.15, 0.2) is 0 Å². The molecule has 1 aliphatic rings. The minimum absolute atomic E-state index is 0.0396. The van der Waals surface area contributed by atoms with Gasteiger partial charge in [0, 0.05) is 16.5 Å². The largest absolute Gasteiger partial charge is 0.332 e. The number of hydrogen-bond donors (Lipinski definition) is 1. The monoisotopic (exact) mass is 346 g/mol. The molecule has 1 N–H and O–H groups in total. The zero-order valence-corrected chi connectivity index (χ0v) is 13.9. The number of hydrogen-bond acceptors (Lipinski definition) is 3. The van der Waals surface area contributed by atoms with Crippen LogP contribution in [0.2, 0.25) is 0 Å². The predicted molar refractivity (Wildman–Crippen MR) is 87.7 cm³/mol. The first-order chi connectivity index (χ1) is 11.5. The maximum absolute atomic E-state index is 13.8. The van der Waals surface area contributed by atoms with E-state index in [1.165, 1.54) is 27.8 Å². The first-order valence-electron chi connectivity index (χ1n) is 7.75. The Kier molecular flexibility index (Phi) is 4.63. The highest BCUT2D eigenvalue weighted by molar-refractivity contribution is 7.14. The van der Waals surface area contributed by atoms with E-state index in [1.54, 1.807) is 0 Å². The van der Waals surface area contributed by atoms with Crippen LogP contribution in [0.3, 0.4) is 0 Å². The summed E-state index contributed by atoms with van der Waals surface area (Å²) < 4.78 is 26.8. The van der Waals surface area contributed by atoms with Gasteiger partial charge in [-0.3, -0.25) is 4.79 Å². The molecule has 3 nitrogen and oxygen atoms in total. The maximum Gasteiger partial charge on any atom is 0.262 e. The second kappa shape index (κ2) is 6.70. The number of fused-ring (bicyclic) bond motifs is 1. The van der Waals surface area contributed by atoms with Gasteiger partial charge in [-0.1, -0.05) is 13.0 Å². The zero-order chi connectivity index (χ0) is 17.3. The highest BCUT2D eigenvalue weighted by atomic mass is 32.1. The summed E-state index contributed by atoms with van der Waals surface area (Å²) >= 11 is 1.42. The van der Waals surface area contributed by atoms with Crippen LogP contribution in [0.4, 0.5) is 8.78 Å². The molecule has 24 heavy (non-hydrogen) atoms. The topological polar surface area (TPSA) is 52.9 Å². The second-order valence-corrected chi connectivity index (χ2v) is 7.25. The number of carbonyl (C=O) groups is 1. The molecular weight excluding hydrogens is 330 g/mol. The molecule has 1 aliphatic carbocycles. The molecule has 0 radical (unpaired) electrons. The summed E-state index contributed by atoms with van der Waals surface area (Å²) in [5, 5.41) is 11.8. The number of nitrogens with one attached hydrogen (secondary N) is 1. The number of thiophene rings is 1. The SMILES string of the molecule is CC1CCc2sc(C(=O)NC(C#N)c3ccc(F)cc3F)cc2C1. The summed E-state index contributed by atoms with van der Waals surface area (Å²) in [6, 6.07) is 5.52. The molecule has 0 fully saturated rings. The van der Waals surface area contributed by atoms with Crippen LogP contribution in [0.1, 0.15) is 45.1 Å². The Bertz CT molecular complexity index is 825. The molecule has 2 aromatic rings. The number of nitriles is 1. The van der Waals surface area contributed by atoms with Crippen LogP contribution in [-0.2, 0) is 12.8 Å². The predicted octanol–water partition coefficient (Wildman–Crippen LogP) is 4.15. The average Bonchev–Trinajstić information content (AvgIpc) is 2.96. The molecule has 0 bridgehead atoms. The highest BCUT2D eigenvalue weighted by Gasteiger charge is 2.23. The second-order valence-electron chi connectivity index (χ2n) is 6.11.